The molecule has 0 saturated heterocycles. The summed E-state index contributed by atoms with van der Waals surface area (Å²) in [5.41, 5.74) is 6.49. The number of rotatable bonds is 4. The van der Waals surface area contributed by atoms with Gasteiger partial charge < -0.3 is 10.7 Å². The first-order chi connectivity index (χ1) is 15.4. The molecule has 11 heteroatoms. The number of imidazole rings is 1. The molecule has 0 aliphatic rings. The number of carbonyl (C=O) groups excluding carboxylic acids is 1. The van der Waals surface area contributed by atoms with Crippen molar-refractivity contribution in [2.75, 3.05) is 5.73 Å². The third kappa shape index (κ3) is 3.26. The van der Waals surface area contributed by atoms with Crippen LogP contribution in [0.5, 0.6) is 0 Å². The molecule has 0 saturated carbocycles. The molecule has 9 nitrogen and oxygen atoms in total. The number of hydrogen-bond donors (Lipinski definition) is 2. The molecule has 5 rings (SSSR count). The summed E-state index contributed by atoms with van der Waals surface area (Å²) in [6.45, 7) is 0. The molecule has 0 amide bonds. The number of nitrogen functional groups attached to an aromatic ring is 1. The maximum atomic E-state index is 13.8. The summed E-state index contributed by atoms with van der Waals surface area (Å²) in [4.78, 5) is 45.7. The maximum Gasteiger partial charge on any atom is 0.266 e. The van der Waals surface area contributed by atoms with E-state index in [1.54, 1.807) is 24.3 Å². The summed E-state index contributed by atoms with van der Waals surface area (Å²) in [7, 11) is 0. The third-order valence-electron chi connectivity index (χ3n) is 4.88. The number of aromatic amines is 1. The molecule has 5 aromatic rings. The highest BCUT2D eigenvalue weighted by atomic mass is 35.5. The molecule has 0 fully saturated rings. The van der Waals surface area contributed by atoms with Crippen LogP contribution in [0.4, 0.5) is 10.2 Å². The minimum Gasteiger partial charge on any atom is -0.382 e. The van der Waals surface area contributed by atoms with E-state index < -0.39 is 17.2 Å². The molecule has 0 aliphatic carbocycles. The molecule has 2 aromatic carbocycles. The van der Waals surface area contributed by atoms with Crippen molar-refractivity contribution in [3.8, 4) is 5.69 Å². The molecule has 0 aliphatic heterocycles. The minimum atomic E-state index is -0.558. The van der Waals surface area contributed by atoms with Gasteiger partial charge in [-0.25, -0.2) is 24.3 Å². The van der Waals surface area contributed by atoms with Crippen LogP contribution in [-0.4, -0.2) is 35.3 Å². The largest absolute Gasteiger partial charge is 0.382 e. The van der Waals surface area contributed by atoms with E-state index in [-0.39, 0.29) is 45.5 Å². The Labute approximate surface area is 183 Å². The number of benzene rings is 2. The zero-order chi connectivity index (χ0) is 22.4. The first kappa shape index (κ1) is 19.8. The lowest BCUT2D eigenvalue weighted by Crippen LogP contribution is -2.26. The minimum absolute atomic E-state index is 0.0514. The quantitative estimate of drug-likeness (QED) is 0.403. The zero-order valence-electron chi connectivity index (χ0n) is 16.2. The normalized spacial score (nSPS) is 11.3. The van der Waals surface area contributed by atoms with Gasteiger partial charge in [0, 0.05) is 6.07 Å². The predicted molar refractivity (Wildman–Crippen MR) is 116 cm³/mol. The number of nitrogens with two attached hydrogens (primary N) is 1. The average Bonchev–Trinajstić information content (AvgIpc) is 3.24. The van der Waals surface area contributed by atoms with Gasteiger partial charge in [0.25, 0.3) is 5.56 Å². The van der Waals surface area contributed by atoms with E-state index in [1.165, 1.54) is 23.0 Å². The van der Waals surface area contributed by atoms with Crippen LogP contribution in [0.15, 0.2) is 53.6 Å². The summed E-state index contributed by atoms with van der Waals surface area (Å²) in [5, 5.41) is 0.464. The molecule has 0 unspecified atom stereocenters. The SMILES string of the molecule is Nc1nc(C(=O)Cc2nc3cc(F)ccc3c(=O)n2-c2ccccc2Cl)nc2nc[nH]c12. The number of H-pyrrole nitrogens is 1. The number of anilines is 1. The number of aromatic nitrogens is 6. The summed E-state index contributed by atoms with van der Waals surface area (Å²) in [5.74, 6) is -1.17. The number of para-hydroxylation sites is 1. The molecule has 0 spiro atoms. The van der Waals surface area contributed by atoms with Crippen LogP contribution in [-0.2, 0) is 6.42 Å². The van der Waals surface area contributed by atoms with Crippen molar-refractivity contribution >= 4 is 45.3 Å². The smallest absolute Gasteiger partial charge is 0.266 e. The van der Waals surface area contributed by atoms with Crippen molar-refractivity contribution in [2.45, 2.75) is 6.42 Å². The summed E-state index contributed by atoms with van der Waals surface area (Å²) >= 11 is 6.32. The topological polar surface area (TPSA) is 132 Å². The van der Waals surface area contributed by atoms with Crippen LogP contribution < -0.4 is 11.3 Å². The number of nitrogens with zero attached hydrogens (tertiary/aromatic N) is 5. The Morgan fingerprint density at radius 2 is 1.97 bits per heavy atom. The molecule has 3 heterocycles. The van der Waals surface area contributed by atoms with Crippen molar-refractivity contribution in [3.63, 3.8) is 0 Å². The van der Waals surface area contributed by atoms with Gasteiger partial charge in [0.05, 0.1) is 34.4 Å². The van der Waals surface area contributed by atoms with Crippen molar-refractivity contribution < 1.29 is 9.18 Å². The fourth-order valence-electron chi connectivity index (χ4n) is 3.41. The second-order valence-corrected chi connectivity index (χ2v) is 7.32. The second kappa shape index (κ2) is 7.50. The first-order valence-electron chi connectivity index (χ1n) is 9.38. The lowest BCUT2D eigenvalue weighted by atomic mass is 10.2. The highest BCUT2D eigenvalue weighted by Gasteiger charge is 2.21. The highest BCUT2D eigenvalue weighted by Crippen LogP contribution is 2.22. The Kier molecular flexibility index (Phi) is 4.63. The Morgan fingerprint density at radius 1 is 1.16 bits per heavy atom. The number of carbonyl (C=O) groups is 1. The Bertz CT molecular complexity index is 1590. The molecule has 32 heavy (non-hydrogen) atoms. The standard InChI is InChI=1S/C21H13ClFN7O2/c22-12-3-1-2-4-14(12)30-16(27-13-7-10(23)5-6-11(13)21(30)32)8-15(31)19-28-18(24)17-20(29-19)26-9-25-17/h1-7,9H,8H2,(H3,24,25,26,28,29). The Hall–Kier alpha value is -4.18. The van der Waals surface area contributed by atoms with E-state index in [9.17, 15) is 14.0 Å². The van der Waals surface area contributed by atoms with Crippen LogP contribution in [0.25, 0.3) is 27.8 Å². The number of hydrogen-bond acceptors (Lipinski definition) is 7. The number of ketones is 1. The number of fused-ring (bicyclic) bond motifs is 2. The molecule has 3 aromatic heterocycles. The van der Waals surface area contributed by atoms with Gasteiger partial charge in [0.1, 0.15) is 17.2 Å². The van der Waals surface area contributed by atoms with Crippen LogP contribution >= 0.6 is 11.6 Å². The molecular formula is C21H13ClFN7O2. The van der Waals surface area contributed by atoms with Crippen LogP contribution in [0.1, 0.15) is 16.4 Å². The van der Waals surface area contributed by atoms with Gasteiger partial charge in [-0.1, -0.05) is 23.7 Å². The zero-order valence-corrected chi connectivity index (χ0v) is 17.0. The predicted octanol–water partition coefficient (Wildman–Crippen LogP) is 2.85. The van der Waals surface area contributed by atoms with Crippen molar-refractivity contribution in [1.29, 1.82) is 0 Å². The van der Waals surface area contributed by atoms with Gasteiger partial charge in [-0.15, -0.1) is 0 Å². The van der Waals surface area contributed by atoms with Crippen molar-refractivity contribution in [3.05, 3.63) is 81.6 Å². The summed E-state index contributed by atoms with van der Waals surface area (Å²) in [6.07, 6.45) is 1.03. The van der Waals surface area contributed by atoms with Gasteiger partial charge in [0.2, 0.25) is 11.6 Å². The summed E-state index contributed by atoms with van der Waals surface area (Å²) in [6, 6.07) is 10.3. The van der Waals surface area contributed by atoms with Crippen LogP contribution in [0.3, 0.4) is 0 Å². The first-order valence-corrected chi connectivity index (χ1v) is 9.76. The number of halogens is 2. The second-order valence-electron chi connectivity index (χ2n) is 6.92. The van der Waals surface area contributed by atoms with Gasteiger partial charge in [-0.3, -0.25) is 14.2 Å². The van der Waals surface area contributed by atoms with E-state index in [4.69, 9.17) is 17.3 Å². The van der Waals surface area contributed by atoms with E-state index in [2.05, 4.69) is 24.9 Å². The van der Waals surface area contributed by atoms with Gasteiger partial charge >= 0.3 is 0 Å². The highest BCUT2D eigenvalue weighted by molar-refractivity contribution is 6.32. The van der Waals surface area contributed by atoms with E-state index >= 15 is 0 Å². The summed E-state index contributed by atoms with van der Waals surface area (Å²) < 4.78 is 15.0. The molecule has 158 valence electrons. The average molecular weight is 450 g/mol. The molecular weight excluding hydrogens is 437 g/mol. The molecule has 0 atom stereocenters. The van der Waals surface area contributed by atoms with Gasteiger partial charge in [-0.2, -0.15) is 0 Å². The van der Waals surface area contributed by atoms with Crippen LogP contribution in [0.2, 0.25) is 5.02 Å². The van der Waals surface area contributed by atoms with Crippen LogP contribution in [0, 0.1) is 5.82 Å². The van der Waals surface area contributed by atoms with Gasteiger partial charge in [0.15, 0.2) is 11.5 Å². The van der Waals surface area contributed by atoms with Crippen molar-refractivity contribution in [2.24, 2.45) is 0 Å². The lowest BCUT2D eigenvalue weighted by molar-refractivity contribution is 0.0980. The van der Waals surface area contributed by atoms with E-state index in [0.717, 1.165) is 6.07 Å². The third-order valence-corrected chi connectivity index (χ3v) is 5.20. The maximum absolute atomic E-state index is 13.8. The fourth-order valence-corrected chi connectivity index (χ4v) is 3.63. The van der Waals surface area contributed by atoms with Gasteiger partial charge in [-0.05, 0) is 24.3 Å². The number of nitrogens with one attached hydrogen (secondary N) is 1. The molecule has 0 bridgehead atoms. The lowest BCUT2D eigenvalue weighted by Gasteiger charge is -2.14. The molecule has 0 radical (unpaired) electrons. The Balaban J connectivity index is 1.69. The number of Topliss-reactive ketones (excluding diaryl/α,β-unsaturated/α-hetero) is 1. The van der Waals surface area contributed by atoms with E-state index in [1.807, 2.05) is 0 Å². The fraction of sp³-hybridized carbons (Fsp3) is 0.0476. The van der Waals surface area contributed by atoms with E-state index in [0.29, 0.717) is 11.2 Å². The Morgan fingerprint density at radius 3 is 2.78 bits per heavy atom. The van der Waals surface area contributed by atoms with Crippen molar-refractivity contribution in [1.82, 2.24) is 29.5 Å². The monoisotopic (exact) mass is 449 g/mol. The molecule has 3 N–H and O–H groups in total.